The quantitative estimate of drug-likeness (QED) is 0.184. The molecular formula is C23H26O10. The van der Waals surface area contributed by atoms with Crippen LogP contribution in [0.3, 0.4) is 0 Å². The van der Waals surface area contributed by atoms with Crippen LogP contribution >= 0.6 is 0 Å². The molecule has 0 saturated carbocycles. The number of carbonyl (C=O) groups excluding carboxylic acids is 1. The van der Waals surface area contributed by atoms with Crippen molar-refractivity contribution in [2.24, 2.45) is 0 Å². The standard InChI is InChI=1S/C23H26O10/c24-15-5-1-13(2-6-15)9-10-31-23-22(30)21(29)20(28)18(33-23)12-32-19(27)8-4-14-3-7-16(25)17(26)11-14/h1-8,11,18,20-26,28-30H,9-10,12H2. The lowest BCUT2D eigenvalue weighted by atomic mass is 9.99. The van der Waals surface area contributed by atoms with Gasteiger partial charge in [-0.3, -0.25) is 0 Å². The van der Waals surface area contributed by atoms with Gasteiger partial charge in [0.2, 0.25) is 0 Å². The maximum atomic E-state index is 12.0. The summed E-state index contributed by atoms with van der Waals surface area (Å²) in [5.41, 5.74) is 1.31. The van der Waals surface area contributed by atoms with Gasteiger partial charge in [0.15, 0.2) is 17.8 Å². The van der Waals surface area contributed by atoms with Crippen molar-refractivity contribution in [3.63, 3.8) is 0 Å². The second-order valence-corrected chi connectivity index (χ2v) is 7.51. The summed E-state index contributed by atoms with van der Waals surface area (Å²) >= 11 is 0. The molecule has 5 unspecified atom stereocenters. The number of benzene rings is 2. The van der Waals surface area contributed by atoms with Crippen molar-refractivity contribution in [2.45, 2.75) is 37.1 Å². The van der Waals surface area contributed by atoms with Gasteiger partial charge in [-0.05, 0) is 47.9 Å². The number of aliphatic hydroxyl groups is 3. The first-order valence-electron chi connectivity index (χ1n) is 10.2. The zero-order valence-electron chi connectivity index (χ0n) is 17.5. The number of hydrogen-bond acceptors (Lipinski definition) is 10. The van der Waals surface area contributed by atoms with Gasteiger partial charge in [-0.25, -0.2) is 4.79 Å². The number of aromatic hydroxyl groups is 3. The molecule has 10 heteroatoms. The van der Waals surface area contributed by atoms with Crippen LogP contribution < -0.4 is 0 Å². The first-order chi connectivity index (χ1) is 15.7. The zero-order chi connectivity index (χ0) is 24.0. The smallest absolute Gasteiger partial charge is 0.330 e. The van der Waals surface area contributed by atoms with E-state index in [9.17, 15) is 35.4 Å². The SMILES string of the molecule is O=C(C=Cc1ccc(O)c(O)c1)OCC1OC(OCCc2ccc(O)cc2)C(O)C(O)C1O. The van der Waals surface area contributed by atoms with Gasteiger partial charge in [0.25, 0.3) is 0 Å². The second kappa shape index (κ2) is 11.1. The fourth-order valence-electron chi connectivity index (χ4n) is 3.17. The third-order valence-corrected chi connectivity index (χ3v) is 5.08. The molecule has 1 heterocycles. The Morgan fingerprint density at radius 1 is 0.939 bits per heavy atom. The molecule has 2 aromatic rings. The Morgan fingerprint density at radius 2 is 1.67 bits per heavy atom. The van der Waals surface area contributed by atoms with Gasteiger partial charge in [-0.2, -0.15) is 0 Å². The molecule has 0 spiro atoms. The summed E-state index contributed by atoms with van der Waals surface area (Å²) < 4.78 is 16.1. The highest BCUT2D eigenvalue weighted by atomic mass is 16.7. The molecule has 1 fully saturated rings. The molecule has 3 rings (SSSR count). The fraction of sp³-hybridized carbons (Fsp3) is 0.348. The third kappa shape index (κ3) is 6.67. The molecule has 5 atom stereocenters. The number of aliphatic hydroxyl groups excluding tert-OH is 3. The van der Waals surface area contributed by atoms with Crippen LogP contribution in [0.15, 0.2) is 48.5 Å². The molecule has 0 bridgehead atoms. The molecule has 0 aromatic heterocycles. The Hall–Kier alpha value is -3.15. The van der Waals surface area contributed by atoms with Gasteiger partial charge in [0, 0.05) is 6.08 Å². The summed E-state index contributed by atoms with van der Waals surface area (Å²) in [6, 6.07) is 10.5. The maximum Gasteiger partial charge on any atom is 0.330 e. The van der Waals surface area contributed by atoms with Crippen LogP contribution in [0.4, 0.5) is 0 Å². The Labute approximate surface area is 189 Å². The first-order valence-corrected chi connectivity index (χ1v) is 10.2. The average Bonchev–Trinajstić information content (AvgIpc) is 2.80. The van der Waals surface area contributed by atoms with Gasteiger partial charge < -0.3 is 44.8 Å². The predicted octanol–water partition coefficient (Wildman–Crippen LogP) is 0.427. The number of ether oxygens (including phenoxy) is 3. The minimum absolute atomic E-state index is 0.129. The average molecular weight is 462 g/mol. The molecule has 0 amide bonds. The molecule has 33 heavy (non-hydrogen) atoms. The molecule has 6 N–H and O–H groups in total. The lowest BCUT2D eigenvalue weighted by molar-refractivity contribution is -0.301. The van der Waals surface area contributed by atoms with Crippen molar-refractivity contribution in [3.05, 3.63) is 59.7 Å². The molecule has 178 valence electrons. The molecule has 2 aromatic carbocycles. The molecule has 10 nitrogen and oxygen atoms in total. The van der Waals surface area contributed by atoms with Crippen molar-refractivity contribution in [1.29, 1.82) is 0 Å². The van der Waals surface area contributed by atoms with Crippen molar-refractivity contribution in [1.82, 2.24) is 0 Å². The minimum Gasteiger partial charge on any atom is -0.508 e. The van der Waals surface area contributed by atoms with E-state index in [1.165, 1.54) is 36.4 Å². The van der Waals surface area contributed by atoms with E-state index in [1.54, 1.807) is 12.1 Å². The Bertz CT molecular complexity index is 958. The minimum atomic E-state index is -1.57. The highest BCUT2D eigenvalue weighted by Gasteiger charge is 2.44. The number of phenolic OH excluding ortho intramolecular Hbond substituents is 3. The van der Waals surface area contributed by atoms with Crippen LogP contribution in [0, 0.1) is 0 Å². The van der Waals surface area contributed by atoms with E-state index in [1.807, 2.05) is 0 Å². The van der Waals surface area contributed by atoms with Gasteiger partial charge in [0.05, 0.1) is 6.61 Å². The number of rotatable bonds is 8. The third-order valence-electron chi connectivity index (χ3n) is 5.08. The summed E-state index contributed by atoms with van der Waals surface area (Å²) in [4.78, 5) is 12.0. The maximum absolute atomic E-state index is 12.0. The van der Waals surface area contributed by atoms with Gasteiger partial charge in [-0.15, -0.1) is 0 Å². The Kier molecular flexibility index (Phi) is 8.26. The van der Waals surface area contributed by atoms with Crippen LogP contribution in [-0.4, -0.2) is 80.5 Å². The van der Waals surface area contributed by atoms with E-state index < -0.39 is 43.3 Å². The topological polar surface area (TPSA) is 166 Å². The van der Waals surface area contributed by atoms with Gasteiger partial charge in [0.1, 0.15) is 36.8 Å². The summed E-state index contributed by atoms with van der Waals surface area (Å²) in [5.74, 6) is -1.27. The molecule has 0 radical (unpaired) electrons. The monoisotopic (exact) mass is 462 g/mol. The largest absolute Gasteiger partial charge is 0.508 e. The van der Waals surface area contributed by atoms with E-state index in [0.717, 1.165) is 11.6 Å². The second-order valence-electron chi connectivity index (χ2n) is 7.51. The molecule has 1 aliphatic heterocycles. The zero-order valence-corrected chi connectivity index (χ0v) is 17.5. The summed E-state index contributed by atoms with van der Waals surface area (Å²) in [7, 11) is 0. The van der Waals surface area contributed by atoms with Gasteiger partial charge >= 0.3 is 5.97 Å². The number of hydrogen-bond donors (Lipinski definition) is 6. The normalized spacial score (nSPS) is 25.2. The van der Waals surface area contributed by atoms with E-state index in [4.69, 9.17) is 14.2 Å². The number of phenols is 3. The van der Waals surface area contributed by atoms with Crippen LogP contribution in [0.2, 0.25) is 0 Å². The highest BCUT2D eigenvalue weighted by Crippen LogP contribution is 2.26. The van der Waals surface area contributed by atoms with E-state index in [-0.39, 0.29) is 23.9 Å². The van der Waals surface area contributed by atoms with E-state index in [0.29, 0.717) is 12.0 Å². The first kappa shape index (κ1) is 24.5. The molecule has 0 aliphatic carbocycles. The molecule has 1 aliphatic rings. The fourth-order valence-corrected chi connectivity index (χ4v) is 3.17. The van der Waals surface area contributed by atoms with Crippen LogP contribution in [0.25, 0.3) is 6.08 Å². The Morgan fingerprint density at radius 3 is 2.36 bits per heavy atom. The summed E-state index contributed by atoms with van der Waals surface area (Å²) in [6.45, 7) is -0.281. The lowest BCUT2D eigenvalue weighted by Crippen LogP contribution is -2.59. The van der Waals surface area contributed by atoms with E-state index >= 15 is 0 Å². The van der Waals surface area contributed by atoms with Crippen LogP contribution in [0.5, 0.6) is 17.2 Å². The summed E-state index contributed by atoms with van der Waals surface area (Å²) in [6.07, 6.45) is -4.10. The van der Waals surface area contributed by atoms with Crippen molar-refractivity contribution < 1.29 is 49.6 Å². The number of carbonyl (C=O) groups is 1. The van der Waals surface area contributed by atoms with Crippen molar-refractivity contribution in [2.75, 3.05) is 13.2 Å². The van der Waals surface area contributed by atoms with Gasteiger partial charge in [-0.1, -0.05) is 18.2 Å². The number of esters is 1. The van der Waals surface area contributed by atoms with Crippen molar-refractivity contribution >= 4 is 12.0 Å². The lowest BCUT2D eigenvalue weighted by Gasteiger charge is -2.39. The molecular weight excluding hydrogens is 436 g/mol. The highest BCUT2D eigenvalue weighted by molar-refractivity contribution is 5.87. The van der Waals surface area contributed by atoms with Crippen LogP contribution in [-0.2, 0) is 25.4 Å². The summed E-state index contributed by atoms with van der Waals surface area (Å²) in [5, 5.41) is 58.5. The van der Waals surface area contributed by atoms with E-state index in [2.05, 4.69) is 0 Å². The van der Waals surface area contributed by atoms with Crippen molar-refractivity contribution in [3.8, 4) is 17.2 Å². The Balaban J connectivity index is 1.50. The van der Waals surface area contributed by atoms with Crippen LogP contribution in [0.1, 0.15) is 11.1 Å². The molecule has 1 saturated heterocycles. The predicted molar refractivity (Wildman–Crippen MR) is 114 cm³/mol.